The Hall–Kier alpha value is -1.31. The van der Waals surface area contributed by atoms with E-state index in [0.29, 0.717) is 0 Å². The van der Waals surface area contributed by atoms with Crippen molar-refractivity contribution >= 4 is 5.97 Å². The summed E-state index contributed by atoms with van der Waals surface area (Å²) in [7, 11) is 1.23. The van der Waals surface area contributed by atoms with Crippen molar-refractivity contribution in [3.8, 4) is 0 Å². The summed E-state index contributed by atoms with van der Waals surface area (Å²) in [5, 5.41) is 49.2. The Balaban J connectivity index is 1.81. The average molecular weight is 406 g/mol. The largest absolute Gasteiger partial charge is 0.471 e. The van der Waals surface area contributed by atoms with E-state index in [1.807, 2.05) is 0 Å². The zero-order valence-corrected chi connectivity index (χ0v) is 15.5. The number of esters is 1. The van der Waals surface area contributed by atoms with Gasteiger partial charge in [-0.25, -0.2) is 4.79 Å². The summed E-state index contributed by atoms with van der Waals surface area (Å²) < 4.78 is 26.8. The Labute approximate surface area is 161 Å². The fourth-order valence-electron chi connectivity index (χ4n) is 3.91. The van der Waals surface area contributed by atoms with Crippen molar-refractivity contribution < 1.29 is 54.0 Å². The van der Waals surface area contributed by atoms with Gasteiger partial charge in [-0.3, -0.25) is 0 Å². The van der Waals surface area contributed by atoms with Crippen LogP contribution >= 0.6 is 0 Å². The van der Waals surface area contributed by atoms with Crippen LogP contribution in [0.15, 0.2) is 11.8 Å². The molecule has 11 nitrogen and oxygen atoms in total. The maximum absolute atomic E-state index is 12.1. The van der Waals surface area contributed by atoms with Gasteiger partial charge in [0.2, 0.25) is 6.29 Å². The summed E-state index contributed by atoms with van der Waals surface area (Å²) in [6.45, 7) is 1.08. The molecule has 0 aromatic heterocycles. The molecule has 2 fully saturated rings. The molecule has 0 amide bonds. The molecule has 0 bridgehead atoms. The molecule has 5 N–H and O–H groups in total. The normalized spacial score (nSPS) is 46.2. The smallest absolute Gasteiger partial charge is 0.337 e. The summed E-state index contributed by atoms with van der Waals surface area (Å²) in [6.07, 6.45) is -8.71. The van der Waals surface area contributed by atoms with E-state index >= 15 is 0 Å². The van der Waals surface area contributed by atoms with E-state index in [9.17, 15) is 30.3 Å². The molecule has 0 aromatic carbocycles. The lowest BCUT2D eigenvalue weighted by Gasteiger charge is -2.47. The van der Waals surface area contributed by atoms with Crippen molar-refractivity contribution in [1.29, 1.82) is 0 Å². The molecule has 3 rings (SSSR count). The fraction of sp³-hybridized carbons (Fsp3) is 0.824. The van der Waals surface area contributed by atoms with Gasteiger partial charge in [0, 0.05) is 12.3 Å². The Kier molecular flexibility index (Phi) is 6.57. The number of methoxy groups -OCH3 is 1. The molecule has 3 aliphatic heterocycles. The maximum Gasteiger partial charge on any atom is 0.337 e. The van der Waals surface area contributed by atoms with E-state index in [2.05, 4.69) is 0 Å². The molecular formula is C17H26O11. The topological polar surface area (TPSA) is 164 Å². The van der Waals surface area contributed by atoms with Gasteiger partial charge in [0.05, 0.1) is 37.6 Å². The van der Waals surface area contributed by atoms with Gasteiger partial charge < -0.3 is 49.2 Å². The molecule has 0 radical (unpaired) electrons. The minimum Gasteiger partial charge on any atom is -0.471 e. The Bertz CT molecular complexity index is 594. The van der Waals surface area contributed by atoms with Gasteiger partial charge in [-0.15, -0.1) is 0 Å². The number of carbonyl (C=O) groups is 1. The van der Waals surface area contributed by atoms with Crippen LogP contribution in [0.2, 0.25) is 0 Å². The predicted molar refractivity (Wildman–Crippen MR) is 88.0 cm³/mol. The van der Waals surface area contributed by atoms with E-state index < -0.39 is 73.8 Å². The van der Waals surface area contributed by atoms with Crippen molar-refractivity contribution in [3.63, 3.8) is 0 Å². The highest BCUT2D eigenvalue weighted by Crippen LogP contribution is 2.42. The highest BCUT2D eigenvalue weighted by Gasteiger charge is 2.51. The Morgan fingerprint density at radius 1 is 1.14 bits per heavy atom. The second-order valence-electron chi connectivity index (χ2n) is 7.12. The van der Waals surface area contributed by atoms with E-state index in [-0.39, 0.29) is 12.0 Å². The van der Waals surface area contributed by atoms with Crippen LogP contribution in [0.5, 0.6) is 0 Å². The van der Waals surface area contributed by atoms with Crippen LogP contribution in [0.3, 0.4) is 0 Å². The van der Waals surface area contributed by atoms with Gasteiger partial charge in [-0.05, 0) is 6.92 Å². The first-order valence-electron chi connectivity index (χ1n) is 9.01. The maximum atomic E-state index is 12.1. The Morgan fingerprint density at radius 2 is 1.86 bits per heavy atom. The minimum atomic E-state index is -1.60. The molecule has 10 atom stereocenters. The zero-order valence-electron chi connectivity index (χ0n) is 15.5. The number of aliphatic hydroxyl groups excluding tert-OH is 5. The van der Waals surface area contributed by atoms with Crippen LogP contribution in [-0.4, -0.2) is 94.6 Å². The summed E-state index contributed by atoms with van der Waals surface area (Å²) in [4.78, 5) is 12.1. The molecule has 0 spiro atoms. The summed E-state index contributed by atoms with van der Waals surface area (Å²) in [5.74, 6) is -1.67. The summed E-state index contributed by atoms with van der Waals surface area (Å²) in [6, 6.07) is 0. The molecule has 11 heteroatoms. The number of fused-ring (bicyclic) bond motifs is 1. The van der Waals surface area contributed by atoms with E-state index in [4.69, 9.17) is 23.7 Å². The van der Waals surface area contributed by atoms with Crippen LogP contribution in [0, 0.1) is 11.8 Å². The third kappa shape index (κ3) is 3.89. The number of hydrogen-bond acceptors (Lipinski definition) is 11. The van der Waals surface area contributed by atoms with E-state index in [1.54, 1.807) is 6.92 Å². The molecular weight excluding hydrogens is 380 g/mol. The number of rotatable bonds is 4. The zero-order chi connectivity index (χ0) is 20.6. The molecule has 0 aromatic rings. The lowest BCUT2D eigenvalue weighted by Crippen LogP contribution is -2.61. The first kappa shape index (κ1) is 21.4. The molecule has 0 aliphatic carbocycles. The second-order valence-corrected chi connectivity index (χ2v) is 7.12. The summed E-state index contributed by atoms with van der Waals surface area (Å²) in [5.41, 5.74) is 0.218. The third-order valence-electron chi connectivity index (χ3n) is 5.41. The molecule has 3 heterocycles. The number of hydrogen-bond donors (Lipinski definition) is 5. The van der Waals surface area contributed by atoms with Crippen LogP contribution < -0.4 is 0 Å². The van der Waals surface area contributed by atoms with Crippen LogP contribution in [0.4, 0.5) is 0 Å². The highest BCUT2D eigenvalue weighted by molar-refractivity contribution is 5.88. The van der Waals surface area contributed by atoms with Crippen molar-refractivity contribution in [2.24, 2.45) is 11.8 Å². The highest BCUT2D eigenvalue weighted by atomic mass is 16.8. The monoisotopic (exact) mass is 406 g/mol. The van der Waals surface area contributed by atoms with Gasteiger partial charge in [0.15, 0.2) is 12.6 Å². The first-order valence-corrected chi connectivity index (χ1v) is 9.01. The standard InChI is InChI=1S/C17H26O11/c1-6-11-7(3-10(19)26-6)8(15(23)24-2)5-25-16(11)28-17-14(22)13(21)12(20)9(4-18)27-17/h5-7,9-14,16-22H,3-4H2,1-2H3/t6?,7-,9?,10?,11-,12?,13?,14?,16?,17?/m1/s1. The van der Waals surface area contributed by atoms with E-state index in [0.717, 1.165) is 0 Å². The van der Waals surface area contributed by atoms with Gasteiger partial charge in [-0.2, -0.15) is 0 Å². The average Bonchev–Trinajstić information content (AvgIpc) is 2.67. The fourth-order valence-corrected chi connectivity index (χ4v) is 3.91. The molecule has 2 saturated heterocycles. The lowest BCUT2D eigenvalue weighted by atomic mass is 9.77. The number of aliphatic hydroxyl groups is 5. The van der Waals surface area contributed by atoms with Crippen LogP contribution in [-0.2, 0) is 28.5 Å². The van der Waals surface area contributed by atoms with Gasteiger partial charge in [0.25, 0.3) is 0 Å². The van der Waals surface area contributed by atoms with E-state index in [1.165, 1.54) is 13.4 Å². The second kappa shape index (κ2) is 8.59. The number of ether oxygens (including phenoxy) is 5. The van der Waals surface area contributed by atoms with Crippen LogP contribution in [0.25, 0.3) is 0 Å². The van der Waals surface area contributed by atoms with Crippen molar-refractivity contribution in [3.05, 3.63) is 11.8 Å². The first-order chi connectivity index (χ1) is 13.3. The lowest BCUT2D eigenvalue weighted by molar-refractivity contribution is -0.352. The number of carbonyl (C=O) groups excluding carboxylic acids is 1. The third-order valence-corrected chi connectivity index (χ3v) is 5.41. The molecule has 160 valence electrons. The minimum absolute atomic E-state index is 0.105. The summed E-state index contributed by atoms with van der Waals surface area (Å²) >= 11 is 0. The molecule has 0 saturated carbocycles. The Morgan fingerprint density at radius 3 is 2.50 bits per heavy atom. The molecule has 3 aliphatic rings. The van der Waals surface area contributed by atoms with Crippen LogP contribution in [0.1, 0.15) is 13.3 Å². The van der Waals surface area contributed by atoms with Crippen molar-refractivity contribution in [2.45, 2.75) is 62.7 Å². The van der Waals surface area contributed by atoms with Gasteiger partial charge >= 0.3 is 5.97 Å². The quantitative estimate of drug-likeness (QED) is 0.315. The van der Waals surface area contributed by atoms with Gasteiger partial charge in [0.1, 0.15) is 24.4 Å². The molecule has 8 unspecified atom stereocenters. The van der Waals surface area contributed by atoms with Gasteiger partial charge in [-0.1, -0.05) is 0 Å². The molecule has 28 heavy (non-hydrogen) atoms. The van der Waals surface area contributed by atoms with Crippen molar-refractivity contribution in [2.75, 3.05) is 13.7 Å². The predicted octanol–water partition coefficient (Wildman–Crippen LogP) is -2.42. The van der Waals surface area contributed by atoms with Crippen molar-refractivity contribution in [1.82, 2.24) is 0 Å². The SMILES string of the molecule is COC(=O)C1=COC(OC2OC(CO)C(O)C(O)C2O)[C@@H]2C(C)OC(O)C[C@H]12.